The Morgan fingerprint density at radius 1 is 1.06 bits per heavy atom. The number of ketones is 1. The molecule has 2 aromatic rings. The maximum atomic E-state index is 13.1. The Labute approximate surface area is 186 Å². The van der Waals surface area contributed by atoms with Crippen molar-refractivity contribution in [2.24, 2.45) is 0 Å². The number of aliphatic hydroxyl groups excluding tert-OH is 1. The number of pyridine rings is 1. The number of ether oxygens (including phenoxy) is 2. The van der Waals surface area contributed by atoms with E-state index in [0.29, 0.717) is 48.9 Å². The third-order valence-corrected chi connectivity index (χ3v) is 6.21. The van der Waals surface area contributed by atoms with Crippen molar-refractivity contribution in [1.29, 1.82) is 0 Å². The summed E-state index contributed by atoms with van der Waals surface area (Å²) in [6.07, 6.45) is 5.57. The number of fused-ring (bicyclic) bond motifs is 1. The van der Waals surface area contributed by atoms with Crippen molar-refractivity contribution in [3.63, 3.8) is 0 Å². The molecule has 1 N–H and O–H groups in total. The molecule has 1 atom stereocenters. The van der Waals surface area contributed by atoms with Gasteiger partial charge >= 0.3 is 0 Å². The van der Waals surface area contributed by atoms with Gasteiger partial charge in [0.25, 0.3) is 11.7 Å². The van der Waals surface area contributed by atoms with Gasteiger partial charge in [0, 0.05) is 31.0 Å². The molecule has 1 unspecified atom stereocenters. The number of hydrogen-bond acceptors (Lipinski definition) is 7. The summed E-state index contributed by atoms with van der Waals surface area (Å²) in [6, 6.07) is 7.90. The first kappa shape index (κ1) is 20.5. The number of rotatable bonds is 5. The number of amides is 1. The number of likely N-dealkylation sites (tertiary alicyclic amines) is 2. The van der Waals surface area contributed by atoms with Crippen LogP contribution in [0.25, 0.3) is 5.76 Å². The van der Waals surface area contributed by atoms with Gasteiger partial charge in [0.1, 0.15) is 19.0 Å². The summed E-state index contributed by atoms with van der Waals surface area (Å²) in [4.78, 5) is 34.1. The van der Waals surface area contributed by atoms with E-state index in [0.717, 1.165) is 25.9 Å². The molecule has 0 spiro atoms. The second-order valence-corrected chi connectivity index (χ2v) is 8.19. The van der Waals surface area contributed by atoms with Crippen LogP contribution in [0.15, 0.2) is 48.3 Å². The van der Waals surface area contributed by atoms with Crippen LogP contribution in [0.3, 0.4) is 0 Å². The van der Waals surface area contributed by atoms with E-state index >= 15 is 0 Å². The summed E-state index contributed by atoms with van der Waals surface area (Å²) in [7, 11) is 0. The van der Waals surface area contributed by atoms with E-state index in [1.54, 1.807) is 41.6 Å². The average molecular weight is 435 g/mol. The van der Waals surface area contributed by atoms with E-state index in [1.165, 1.54) is 0 Å². The number of benzene rings is 1. The fourth-order valence-electron chi connectivity index (χ4n) is 4.60. The first-order valence-corrected chi connectivity index (χ1v) is 10.9. The highest BCUT2D eigenvalue weighted by Gasteiger charge is 2.46. The van der Waals surface area contributed by atoms with Crippen molar-refractivity contribution in [3.05, 3.63) is 59.4 Å². The Morgan fingerprint density at radius 2 is 1.84 bits per heavy atom. The lowest BCUT2D eigenvalue weighted by Gasteiger charge is -2.27. The van der Waals surface area contributed by atoms with Crippen molar-refractivity contribution in [2.45, 2.75) is 18.9 Å². The minimum atomic E-state index is -0.695. The van der Waals surface area contributed by atoms with Crippen LogP contribution in [-0.4, -0.2) is 71.0 Å². The van der Waals surface area contributed by atoms with Crippen molar-refractivity contribution in [3.8, 4) is 11.5 Å². The number of aromatic nitrogens is 1. The topological polar surface area (TPSA) is 92.2 Å². The molecule has 166 valence electrons. The monoisotopic (exact) mass is 435 g/mol. The zero-order valence-corrected chi connectivity index (χ0v) is 17.7. The van der Waals surface area contributed by atoms with Gasteiger partial charge in [-0.1, -0.05) is 6.07 Å². The summed E-state index contributed by atoms with van der Waals surface area (Å²) in [5.74, 6) is -0.424. The van der Waals surface area contributed by atoms with Gasteiger partial charge in [0.05, 0.1) is 11.6 Å². The lowest BCUT2D eigenvalue weighted by Crippen LogP contribution is -2.37. The maximum Gasteiger partial charge on any atom is 0.295 e. The van der Waals surface area contributed by atoms with Gasteiger partial charge in [-0.2, -0.15) is 0 Å². The van der Waals surface area contributed by atoms with Gasteiger partial charge in [-0.25, -0.2) is 0 Å². The Bertz CT molecular complexity index is 1060. The number of carbonyl (C=O) groups excluding carboxylic acids is 2. The molecule has 8 nitrogen and oxygen atoms in total. The fourth-order valence-corrected chi connectivity index (χ4v) is 4.60. The molecule has 0 bridgehead atoms. The number of Topliss-reactive ketones (excluding diaryl/α,β-unsaturated/α-hetero) is 1. The van der Waals surface area contributed by atoms with Crippen molar-refractivity contribution in [2.75, 3.05) is 39.4 Å². The van der Waals surface area contributed by atoms with Gasteiger partial charge in [0.15, 0.2) is 11.5 Å². The molecule has 1 amide bonds. The minimum Gasteiger partial charge on any atom is -0.507 e. The lowest BCUT2D eigenvalue weighted by molar-refractivity contribution is -0.140. The number of nitrogens with zero attached hydrogens (tertiary/aromatic N) is 3. The standard InChI is InChI=1S/C24H25N3O5/c28-22(16-5-6-18-19(14-16)32-13-12-31-18)20-21(17-4-3-7-25-15-17)27(24(30)23(20)29)11-10-26-8-1-2-9-26/h3-7,14-15,21,28H,1-2,8-13H2/b22-20+. The van der Waals surface area contributed by atoms with E-state index in [9.17, 15) is 14.7 Å². The Balaban J connectivity index is 1.54. The predicted octanol–water partition coefficient (Wildman–Crippen LogP) is 2.37. The van der Waals surface area contributed by atoms with Gasteiger partial charge in [0.2, 0.25) is 0 Å². The second kappa shape index (κ2) is 8.63. The van der Waals surface area contributed by atoms with Crippen LogP contribution in [-0.2, 0) is 9.59 Å². The molecule has 2 saturated heterocycles. The smallest absolute Gasteiger partial charge is 0.295 e. The molecule has 4 heterocycles. The van der Waals surface area contributed by atoms with Crippen LogP contribution in [0.1, 0.15) is 30.0 Å². The molecular weight excluding hydrogens is 410 g/mol. The lowest BCUT2D eigenvalue weighted by atomic mass is 9.96. The highest BCUT2D eigenvalue weighted by molar-refractivity contribution is 6.46. The number of hydrogen-bond donors (Lipinski definition) is 1. The first-order chi connectivity index (χ1) is 15.6. The van der Waals surface area contributed by atoms with Crippen molar-refractivity contribution >= 4 is 17.4 Å². The van der Waals surface area contributed by atoms with E-state index in [4.69, 9.17) is 9.47 Å². The van der Waals surface area contributed by atoms with Gasteiger partial charge < -0.3 is 24.4 Å². The molecule has 2 fully saturated rings. The Morgan fingerprint density at radius 3 is 2.59 bits per heavy atom. The van der Waals surface area contributed by atoms with Gasteiger partial charge in [-0.3, -0.25) is 14.6 Å². The zero-order valence-electron chi connectivity index (χ0n) is 17.7. The third-order valence-electron chi connectivity index (χ3n) is 6.21. The van der Waals surface area contributed by atoms with E-state index in [-0.39, 0.29) is 11.3 Å². The molecule has 5 rings (SSSR count). The molecule has 0 radical (unpaired) electrons. The van der Waals surface area contributed by atoms with Gasteiger partial charge in [-0.05, 0) is 55.8 Å². The van der Waals surface area contributed by atoms with Crippen LogP contribution in [0.4, 0.5) is 0 Å². The molecule has 32 heavy (non-hydrogen) atoms. The maximum absolute atomic E-state index is 13.1. The van der Waals surface area contributed by atoms with Crippen LogP contribution in [0, 0.1) is 0 Å². The third kappa shape index (κ3) is 3.71. The van der Waals surface area contributed by atoms with E-state index in [2.05, 4.69) is 9.88 Å². The number of aliphatic hydroxyl groups is 1. The average Bonchev–Trinajstić information content (AvgIpc) is 3.44. The largest absolute Gasteiger partial charge is 0.507 e. The molecule has 0 saturated carbocycles. The molecule has 3 aliphatic rings. The molecule has 3 aliphatic heterocycles. The Hall–Kier alpha value is -3.39. The predicted molar refractivity (Wildman–Crippen MR) is 116 cm³/mol. The highest BCUT2D eigenvalue weighted by atomic mass is 16.6. The molecule has 0 aliphatic carbocycles. The summed E-state index contributed by atoms with van der Waals surface area (Å²) in [5, 5.41) is 11.2. The molecular formula is C24H25N3O5. The summed E-state index contributed by atoms with van der Waals surface area (Å²) >= 11 is 0. The normalized spacial score (nSPS) is 22.5. The minimum absolute atomic E-state index is 0.0705. The van der Waals surface area contributed by atoms with Crippen molar-refractivity contribution < 1.29 is 24.2 Å². The molecule has 1 aromatic carbocycles. The number of carbonyl (C=O) groups is 2. The fraction of sp³-hybridized carbons (Fsp3) is 0.375. The summed E-state index contributed by atoms with van der Waals surface area (Å²) < 4.78 is 11.2. The highest BCUT2D eigenvalue weighted by Crippen LogP contribution is 2.40. The van der Waals surface area contributed by atoms with E-state index in [1.807, 2.05) is 6.07 Å². The first-order valence-electron chi connectivity index (χ1n) is 10.9. The van der Waals surface area contributed by atoms with Crippen LogP contribution in [0.2, 0.25) is 0 Å². The van der Waals surface area contributed by atoms with Crippen LogP contribution >= 0.6 is 0 Å². The van der Waals surface area contributed by atoms with Crippen molar-refractivity contribution in [1.82, 2.24) is 14.8 Å². The molecule has 8 heteroatoms. The second-order valence-electron chi connectivity index (χ2n) is 8.19. The zero-order chi connectivity index (χ0) is 22.1. The Kier molecular flexibility index (Phi) is 5.53. The summed E-state index contributed by atoms with van der Waals surface area (Å²) in [6.45, 7) is 3.96. The quantitative estimate of drug-likeness (QED) is 0.438. The van der Waals surface area contributed by atoms with Crippen LogP contribution in [0.5, 0.6) is 11.5 Å². The summed E-state index contributed by atoms with van der Waals surface area (Å²) in [5.41, 5.74) is 1.16. The molecule has 1 aromatic heterocycles. The van der Waals surface area contributed by atoms with Gasteiger partial charge in [-0.15, -0.1) is 0 Å². The van der Waals surface area contributed by atoms with E-state index < -0.39 is 17.7 Å². The van der Waals surface area contributed by atoms with Crippen LogP contribution < -0.4 is 9.47 Å². The SMILES string of the molecule is O=C1C(=O)N(CCN2CCCC2)C(c2cccnc2)/C1=C(\O)c1ccc2c(c1)OCCO2.